The van der Waals surface area contributed by atoms with E-state index in [0.717, 1.165) is 0 Å². The summed E-state index contributed by atoms with van der Waals surface area (Å²) in [6.45, 7) is 0.600. The first-order chi connectivity index (χ1) is 5.52. The van der Waals surface area contributed by atoms with E-state index in [1.165, 1.54) is 12.1 Å². The quantitative estimate of drug-likeness (QED) is 0.623. The third kappa shape index (κ3) is 1.87. The molecule has 0 N–H and O–H groups in total. The highest BCUT2D eigenvalue weighted by Crippen LogP contribution is 2.18. The monoisotopic (exact) mass is 170 g/mol. The molecule has 1 rings (SSSR count). The van der Waals surface area contributed by atoms with Crippen molar-refractivity contribution >= 4 is 5.78 Å². The number of carbonyl (C=O) groups excluding carboxylic acids is 1. The average Bonchev–Trinajstić information content (AvgIpc) is 2.03. The van der Waals surface area contributed by atoms with Gasteiger partial charge in [0, 0.05) is 12.5 Å². The highest BCUT2D eigenvalue weighted by molar-refractivity contribution is 6.00. The van der Waals surface area contributed by atoms with Crippen LogP contribution in [0.4, 0.5) is 8.78 Å². The van der Waals surface area contributed by atoms with Gasteiger partial charge in [-0.25, -0.2) is 0 Å². The van der Waals surface area contributed by atoms with Gasteiger partial charge in [-0.15, -0.1) is 0 Å². The highest BCUT2D eigenvalue weighted by Gasteiger charge is 2.32. The van der Waals surface area contributed by atoms with Crippen molar-refractivity contribution in [2.45, 2.75) is 12.8 Å². The summed E-state index contributed by atoms with van der Waals surface area (Å²) >= 11 is 0. The van der Waals surface area contributed by atoms with E-state index in [1.807, 2.05) is 0 Å². The maximum absolute atomic E-state index is 12.5. The van der Waals surface area contributed by atoms with Crippen LogP contribution >= 0.6 is 0 Å². The van der Waals surface area contributed by atoms with E-state index < -0.39 is 11.7 Å². The van der Waals surface area contributed by atoms with E-state index in [2.05, 4.69) is 0 Å². The lowest BCUT2D eigenvalue weighted by atomic mass is 10.1. The van der Waals surface area contributed by atoms with E-state index in [9.17, 15) is 13.6 Å². The Morgan fingerprint density at radius 1 is 1.25 bits per heavy atom. The van der Waals surface area contributed by atoms with Crippen LogP contribution in [0.3, 0.4) is 0 Å². The lowest BCUT2D eigenvalue weighted by molar-refractivity contribution is 0.0221. The van der Waals surface area contributed by atoms with Gasteiger partial charge in [0.05, 0.1) is 0 Å². The van der Waals surface area contributed by atoms with Gasteiger partial charge in [-0.05, 0) is 0 Å². The molecule has 0 aliphatic heterocycles. The highest BCUT2D eigenvalue weighted by atomic mass is 19.3. The van der Waals surface area contributed by atoms with Crippen LogP contribution in [0.2, 0.25) is 0 Å². The van der Waals surface area contributed by atoms with Crippen molar-refractivity contribution in [1.82, 2.24) is 0 Å². The third-order valence-corrected chi connectivity index (χ3v) is 1.43. The fourth-order valence-corrected chi connectivity index (χ4v) is 0.843. The van der Waals surface area contributed by atoms with Crippen molar-refractivity contribution in [2.24, 2.45) is 0 Å². The molecule has 0 fully saturated rings. The molecule has 1 nitrogen and oxygen atoms in total. The zero-order chi connectivity index (χ0) is 9.19. The molecule has 0 saturated carbocycles. The van der Waals surface area contributed by atoms with Crippen LogP contribution in [0.25, 0.3) is 0 Å². The van der Waals surface area contributed by atoms with Crippen molar-refractivity contribution < 1.29 is 13.6 Å². The van der Waals surface area contributed by atoms with Gasteiger partial charge in [-0.1, -0.05) is 30.3 Å². The maximum Gasteiger partial charge on any atom is 0.307 e. The number of carbonyl (C=O) groups is 1. The second-order valence-corrected chi connectivity index (χ2v) is 2.58. The van der Waals surface area contributed by atoms with Crippen LogP contribution in [-0.4, -0.2) is 11.7 Å². The molecule has 1 aromatic carbocycles. The van der Waals surface area contributed by atoms with Gasteiger partial charge in [0.2, 0.25) is 5.78 Å². The Balaban J connectivity index is 2.94. The van der Waals surface area contributed by atoms with Gasteiger partial charge >= 0.3 is 5.92 Å². The van der Waals surface area contributed by atoms with Crippen molar-refractivity contribution in [3.63, 3.8) is 0 Å². The lowest BCUT2D eigenvalue weighted by Gasteiger charge is -2.07. The minimum Gasteiger partial charge on any atom is -0.287 e. The molecule has 0 bridgehead atoms. The third-order valence-electron chi connectivity index (χ3n) is 1.43. The summed E-state index contributed by atoms with van der Waals surface area (Å²) in [6.07, 6.45) is 0. The molecule has 0 atom stereocenters. The number of hydrogen-bond acceptors (Lipinski definition) is 1. The van der Waals surface area contributed by atoms with Gasteiger partial charge in [0.25, 0.3) is 0 Å². The molecule has 64 valence electrons. The van der Waals surface area contributed by atoms with E-state index >= 15 is 0 Å². The Labute approximate surface area is 69.0 Å². The maximum atomic E-state index is 12.5. The Bertz CT molecular complexity index is 274. The van der Waals surface area contributed by atoms with Crippen LogP contribution in [0.5, 0.6) is 0 Å². The van der Waals surface area contributed by atoms with Gasteiger partial charge in [0.1, 0.15) is 0 Å². The molecule has 0 saturated heterocycles. The van der Waals surface area contributed by atoms with E-state index in [1.54, 1.807) is 18.2 Å². The normalized spacial score (nSPS) is 11.2. The molecule has 0 amide bonds. The zero-order valence-corrected chi connectivity index (χ0v) is 6.55. The van der Waals surface area contributed by atoms with Crippen LogP contribution < -0.4 is 0 Å². The predicted molar refractivity (Wildman–Crippen MR) is 41.4 cm³/mol. The molecule has 0 aromatic heterocycles. The average molecular weight is 170 g/mol. The van der Waals surface area contributed by atoms with Crippen LogP contribution in [-0.2, 0) is 0 Å². The van der Waals surface area contributed by atoms with Crippen LogP contribution in [0, 0.1) is 0 Å². The molecule has 1 aromatic rings. The Hall–Kier alpha value is -1.25. The molecule has 0 aliphatic carbocycles. The summed E-state index contributed by atoms with van der Waals surface area (Å²) < 4.78 is 24.9. The summed E-state index contributed by atoms with van der Waals surface area (Å²) in [4.78, 5) is 10.9. The van der Waals surface area contributed by atoms with Crippen molar-refractivity contribution in [3.05, 3.63) is 35.9 Å². The summed E-state index contributed by atoms with van der Waals surface area (Å²) in [5.41, 5.74) is 0.0463. The number of halogens is 2. The van der Waals surface area contributed by atoms with Gasteiger partial charge in [0.15, 0.2) is 0 Å². The molecule has 0 aliphatic rings. The standard InChI is InChI=1S/C9H8F2O/c1-9(10,11)8(12)7-5-3-2-4-6-7/h2-6H,1H3. The second-order valence-electron chi connectivity index (χ2n) is 2.58. The minimum absolute atomic E-state index is 0.0463. The zero-order valence-electron chi connectivity index (χ0n) is 6.55. The van der Waals surface area contributed by atoms with Gasteiger partial charge < -0.3 is 0 Å². The smallest absolute Gasteiger partial charge is 0.287 e. The molecular weight excluding hydrogens is 162 g/mol. The number of ketones is 1. The Morgan fingerprint density at radius 3 is 2.17 bits per heavy atom. The van der Waals surface area contributed by atoms with Crippen molar-refractivity contribution in [1.29, 1.82) is 0 Å². The van der Waals surface area contributed by atoms with Crippen molar-refractivity contribution in [3.8, 4) is 0 Å². The molecule has 0 unspecified atom stereocenters. The van der Waals surface area contributed by atoms with Gasteiger partial charge in [-0.3, -0.25) is 4.79 Å². The lowest BCUT2D eigenvalue weighted by Crippen LogP contribution is -2.24. The van der Waals surface area contributed by atoms with E-state index in [-0.39, 0.29) is 5.56 Å². The molecule has 0 spiro atoms. The molecule has 0 heterocycles. The number of Topliss-reactive ketones (excluding diaryl/α,β-unsaturated/α-hetero) is 1. The topological polar surface area (TPSA) is 17.1 Å². The Morgan fingerprint density at radius 2 is 1.75 bits per heavy atom. The molecule has 0 radical (unpaired) electrons. The van der Waals surface area contributed by atoms with Crippen LogP contribution in [0.15, 0.2) is 30.3 Å². The van der Waals surface area contributed by atoms with Crippen molar-refractivity contribution in [2.75, 3.05) is 0 Å². The Kier molecular flexibility index (Phi) is 2.22. The fourth-order valence-electron chi connectivity index (χ4n) is 0.843. The number of benzene rings is 1. The number of alkyl halides is 2. The number of hydrogen-bond donors (Lipinski definition) is 0. The second kappa shape index (κ2) is 3.01. The first-order valence-corrected chi connectivity index (χ1v) is 3.49. The minimum atomic E-state index is -3.28. The largest absolute Gasteiger partial charge is 0.307 e. The van der Waals surface area contributed by atoms with Crippen LogP contribution in [0.1, 0.15) is 17.3 Å². The van der Waals surface area contributed by atoms with Gasteiger partial charge in [-0.2, -0.15) is 8.78 Å². The number of rotatable bonds is 2. The SMILES string of the molecule is CC(F)(F)C(=O)c1ccccc1. The molecule has 3 heteroatoms. The first kappa shape index (κ1) is 8.84. The summed E-state index contributed by atoms with van der Waals surface area (Å²) in [5, 5.41) is 0. The summed E-state index contributed by atoms with van der Waals surface area (Å²) in [5.74, 6) is -4.41. The molecular formula is C9H8F2O. The first-order valence-electron chi connectivity index (χ1n) is 3.49. The summed E-state index contributed by atoms with van der Waals surface area (Å²) in [6, 6.07) is 7.53. The van der Waals surface area contributed by atoms with E-state index in [4.69, 9.17) is 0 Å². The summed E-state index contributed by atoms with van der Waals surface area (Å²) in [7, 11) is 0. The predicted octanol–water partition coefficient (Wildman–Crippen LogP) is 2.52. The van der Waals surface area contributed by atoms with E-state index in [0.29, 0.717) is 6.92 Å². The fraction of sp³-hybridized carbons (Fsp3) is 0.222. The molecule has 12 heavy (non-hydrogen) atoms.